The van der Waals surface area contributed by atoms with E-state index < -0.39 is 0 Å². The molecule has 0 saturated carbocycles. The largest absolute Gasteiger partial charge is 0.430 e. The van der Waals surface area contributed by atoms with Crippen LogP contribution in [-0.4, -0.2) is 24.1 Å². The summed E-state index contributed by atoms with van der Waals surface area (Å²) >= 11 is 0. The molecule has 27 heavy (non-hydrogen) atoms. The second-order valence-corrected chi connectivity index (χ2v) is 7.35. The molecule has 1 aromatic rings. The zero-order valence-electron chi connectivity index (χ0n) is 16.3. The Labute approximate surface area is 160 Å². The fourth-order valence-corrected chi connectivity index (χ4v) is 3.06. The van der Waals surface area contributed by atoms with Gasteiger partial charge in [0.25, 0.3) is 0 Å². The highest BCUT2D eigenvalue weighted by Gasteiger charge is 2.36. The minimum atomic E-state index is -0.387. The summed E-state index contributed by atoms with van der Waals surface area (Å²) in [5, 5.41) is 4.07. The minimum absolute atomic E-state index is 0.0726. The van der Waals surface area contributed by atoms with Crippen molar-refractivity contribution in [2.24, 2.45) is 10.6 Å². The summed E-state index contributed by atoms with van der Waals surface area (Å²) in [5.41, 5.74) is 1.47. The van der Waals surface area contributed by atoms with E-state index in [1.807, 2.05) is 51.1 Å². The molecule has 0 saturated heterocycles. The van der Waals surface area contributed by atoms with Crippen molar-refractivity contribution in [2.75, 3.05) is 6.61 Å². The van der Waals surface area contributed by atoms with Crippen LogP contribution >= 0.6 is 0 Å². The third kappa shape index (κ3) is 5.91. The number of hydrogen-bond donors (Lipinski definition) is 0. The topological polar surface area (TPSA) is 65.0 Å². The molecule has 0 aromatic heterocycles. The van der Waals surface area contributed by atoms with E-state index in [1.165, 1.54) is 0 Å². The van der Waals surface area contributed by atoms with Gasteiger partial charge >= 0.3 is 5.97 Å². The molecule has 5 heteroatoms. The maximum atomic E-state index is 12.8. The molecule has 0 bridgehead atoms. The van der Waals surface area contributed by atoms with E-state index in [1.54, 1.807) is 6.08 Å². The number of rotatable bonds is 8. The molecule has 0 N–H and O–H groups in total. The summed E-state index contributed by atoms with van der Waals surface area (Å²) in [4.78, 5) is 30.4. The molecular formula is C22H27NO4. The van der Waals surface area contributed by atoms with Crippen LogP contribution in [0.15, 0.2) is 59.5 Å². The van der Waals surface area contributed by atoms with Crippen LogP contribution in [-0.2, 0) is 25.6 Å². The second kappa shape index (κ2) is 9.31. The highest BCUT2D eigenvalue weighted by Crippen LogP contribution is 2.38. The van der Waals surface area contributed by atoms with Crippen molar-refractivity contribution in [2.45, 2.75) is 46.5 Å². The first-order valence-corrected chi connectivity index (χ1v) is 9.17. The normalized spacial score (nSPS) is 16.9. The summed E-state index contributed by atoms with van der Waals surface area (Å²) in [6.07, 6.45) is 3.10. The van der Waals surface area contributed by atoms with Gasteiger partial charge in [0.1, 0.15) is 12.4 Å². The van der Waals surface area contributed by atoms with Crippen LogP contribution in [0.5, 0.6) is 0 Å². The Balaban J connectivity index is 2.31. The number of Topliss-reactive ketones (excluding diaryl/α,β-unsaturated/α-hetero) is 1. The van der Waals surface area contributed by atoms with Crippen molar-refractivity contribution in [1.82, 2.24) is 0 Å². The molecule has 0 heterocycles. The van der Waals surface area contributed by atoms with Gasteiger partial charge in [-0.05, 0) is 17.4 Å². The van der Waals surface area contributed by atoms with Gasteiger partial charge in [-0.2, -0.15) is 0 Å². The molecule has 0 aliphatic heterocycles. The highest BCUT2D eigenvalue weighted by atomic mass is 16.6. The molecule has 0 unspecified atom stereocenters. The quantitative estimate of drug-likeness (QED) is 0.224. The van der Waals surface area contributed by atoms with Crippen molar-refractivity contribution < 1.29 is 19.2 Å². The van der Waals surface area contributed by atoms with Crippen molar-refractivity contribution in [3.05, 3.63) is 59.9 Å². The van der Waals surface area contributed by atoms with E-state index in [9.17, 15) is 9.59 Å². The van der Waals surface area contributed by atoms with Crippen molar-refractivity contribution >= 4 is 17.5 Å². The van der Waals surface area contributed by atoms with Gasteiger partial charge in [0.15, 0.2) is 5.78 Å². The maximum absolute atomic E-state index is 12.8. The van der Waals surface area contributed by atoms with Crippen LogP contribution in [0, 0.1) is 5.41 Å². The highest BCUT2D eigenvalue weighted by molar-refractivity contribution is 6.23. The third-order valence-corrected chi connectivity index (χ3v) is 4.25. The first kappa shape index (κ1) is 20.6. The molecule has 144 valence electrons. The number of nitrogens with zero attached hydrogens (tertiary/aromatic N) is 1. The maximum Gasteiger partial charge on any atom is 0.315 e. The number of esters is 1. The summed E-state index contributed by atoms with van der Waals surface area (Å²) in [6.45, 7) is 9.70. The predicted octanol–water partition coefficient (Wildman–Crippen LogP) is 4.38. The van der Waals surface area contributed by atoms with Gasteiger partial charge < -0.3 is 9.57 Å². The second-order valence-electron chi connectivity index (χ2n) is 7.35. The van der Waals surface area contributed by atoms with Gasteiger partial charge in [-0.1, -0.05) is 68.9 Å². The van der Waals surface area contributed by atoms with Gasteiger partial charge in [0.2, 0.25) is 0 Å². The molecule has 1 aromatic carbocycles. The van der Waals surface area contributed by atoms with E-state index in [0.29, 0.717) is 36.3 Å². The molecular weight excluding hydrogens is 342 g/mol. The Kier molecular flexibility index (Phi) is 7.11. The Morgan fingerprint density at radius 1 is 1.26 bits per heavy atom. The Bertz CT molecular complexity index is 760. The average molecular weight is 369 g/mol. The number of hydrogen-bond acceptors (Lipinski definition) is 5. The molecule has 0 atom stereocenters. The van der Waals surface area contributed by atoms with Crippen LogP contribution in [0.4, 0.5) is 0 Å². The van der Waals surface area contributed by atoms with Crippen molar-refractivity contribution in [1.29, 1.82) is 0 Å². The van der Waals surface area contributed by atoms with Gasteiger partial charge in [-0.15, -0.1) is 0 Å². The van der Waals surface area contributed by atoms with Crippen LogP contribution in [0.25, 0.3) is 0 Å². The fourth-order valence-electron chi connectivity index (χ4n) is 3.06. The smallest absolute Gasteiger partial charge is 0.315 e. The van der Waals surface area contributed by atoms with E-state index in [4.69, 9.17) is 9.57 Å². The number of ether oxygens (including phenoxy) is 1. The van der Waals surface area contributed by atoms with E-state index in [-0.39, 0.29) is 30.2 Å². The standard InChI is InChI=1S/C22H27NO4/c1-5-12-26-23-17(6-2)21-18(24)14-22(3,4)15-19(21)27-20(25)13-16-10-8-7-9-11-16/h5,7-11H,1,6,12-15H2,2-4H3/b23-17-. The van der Waals surface area contributed by atoms with Gasteiger partial charge in [-0.25, -0.2) is 0 Å². The molecule has 5 nitrogen and oxygen atoms in total. The predicted molar refractivity (Wildman–Crippen MR) is 105 cm³/mol. The zero-order valence-corrected chi connectivity index (χ0v) is 16.3. The van der Waals surface area contributed by atoms with E-state index in [0.717, 1.165) is 5.56 Å². The molecule has 0 radical (unpaired) electrons. The van der Waals surface area contributed by atoms with Crippen molar-refractivity contribution in [3.63, 3.8) is 0 Å². The lowest BCUT2D eigenvalue weighted by Crippen LogP contribution is -2.31. The lowest BCUT2D eigenvalue weighted by molar-refractivity contribution is -0.139. The van der Waals surface area contributed by atoms with Gasteiger partial charge in [0, 0.05) is 12.8 Å². The van der Waals surface area contributed by atoms with Gasteiger partial charge in [-0.3, -0.25) is 9.59 Å². The lowest BCUT2D eigenvalue weighted by Gasteiger charge is -2.31. The van der Waals surface area contributed by atoms with Crippen LogP contribution in [0.2, 0.25) is 0 Å². The van der Waals surface area contributed by atoms with Gasteiger partial charge in [0.05, 0.1) is 17.7 Å². The Hall–Kier alpha value is -2.69. The zero-order chi connectivity index (χ0) is 19.9. The number of allylic oxidation sites excluding steroid dienone is 2. The molecule has 1 aliphatic rings. The lowest BCUT2D eigenvalue weighted by atomic mass is 9.75. The Morgan fingerprint density at radius 2 is 1.96 bits per heavy atom. The van der Waals surface area contributed by atoms with Crippen LogP contribution in [0.3, 0.4) is 0 Å². The number of oxime groups is 1. The van der Waals surface area contributed by atoms with Crippen LogP contribution in [0.1, 0.15) is 45.6 Å². The average Bonchev–Trinajstić information content (AvgIpc) is 2.59. The summed E-state index contributed by atoms with van der Waals surface area (Å²) < 4.78 is 5.67. The molecule has 1 aliphatic carbocycles. The fraction of sp³-hybridized carbons (Fsp3) is 0.409. The molecule has 0 fully saturated rings. The first-order valence-electron chi connectivity index (χ1n) is 9.17. The Morgan fingerprint density at radius 3 is 2.59 bits per heavy atom. The molecule has 0 spiro atoms. The number of benzene rings is 1. The summed E-state index contributed by atoms with van der Waals surface area (Å²) in [7, 11) is 0. The number of carbonyl (C=O) groups is 2. The molecule has 2 rings (SSSR count). The van der Waals surface area contributed by atoms with Crippen molar-refractivity contribution in [3.8, 4) is 0 Å². The SMILES string of the molecule is C=CCO/N=C(/CC)C1=C(OC(=O)Cc2ccccc2)CC(C)(C)CC1=O. The summed E-state index contributed by atoms with van der Waals surface area (Å²) in [6, 6.07) is 9.38. The monoisotopic (exact) mass is 369 g/mol. The molecule has 0 amide bonds. The number of carbonyl (C=O) groups excluding carboxylic acids is 2. The number of ketones is 1. The first-order chi connectivity index (χ1) is 12.9. The third-order valence-electron chi connectivity index (χ3n) is 4.25. The minimum Gasteiger partial charge on any atom is -0.430 e. The van der Waals surface area contributed by atoms with E-state index >= 15 is 0 Å². The van der Waals surface area contributed by atoms with E-state index in [2.05, 4.69) is 11.7 Å². The summed E-state index contributed by atoms with van der Waals surface area (Å²) in [5.74, 6) is -0.0711. The van der Waals surface area contributed by atoms with Crippen LogP contribution < -0.4 is 0 Å².